The van der Waals surface area contributed by atoms with Gasteiger partial charge in [-0.3, -0.25) is 0 Å². The van der Waals surface area contributed by atoms with Crippen molar-refractivity contribution in [3.63, 3.8) is 0 Å². The lowest BCUT2D eigenvalue weighted by molar-refractivity contribution is 0.498. The Hall–Kier alpha value is -1.40. The van der Waals surface area contributed by atoms with E-state index in [1.165, 1.54) is 6.07 Å². The molecule has 0 fully saturated rings. The summed E-state index contributed by atoms with van der Waals surface area (Å²) in [6, 6.07) is 4.76. The molecule has 0 saturated heterocycles. The number of rotatable bonds is 4. The zero-order chi connectivity index (χ0) is 15.6. The Kier molecular flexibility index (Phi) is 5.00. The normalized spacial score (nSPS) is 12.5. The second kappa shape index (κ2) is 6.58. The van der Waals surface area contributed by atoms with Crippen molar-refractivity contribution < 1.29 is 17.6 Å². The molecule has 21 heavy (non-hydrogen) atoms. The summed E-state index contributed by atoms with van der Waals surface area (Å²) in [6.07, 6.45) is 0. The van der Waals surface area contributed by atoms with E-state index >= 15 is 0 Å². The highest BCUT2D eigenvalue weighted by Crippen LogP contribution is 2.32. The first-order chi connectivity index (χ1) is 9.93. The van der Waals surface area contributed by atoms with Crippen LogP contribution in [-0.2, 0) is 0 Å². The fourth-order valence-electron chi connectivity index (χ4n) is 2.12. The van der Waals surface area contributed by atoms with Crippen LogP contribution in [0.15, 0.2) is 34.8 Å². The van der Waals surface area contributed by atoms with Gasteiger partial charge in [0.05, 0.1) is 10.5 Å². The molecule has 0 bridgehead atoms. The fraction of sp³-hybridized carbons (Fsp3) is 0.200. The van der Waals surface area contributed by atoms with Crippen molar-refractivity contribution in [1.29, 1.82) is 0 Å². The van der Waals surface area contributed by atoms with E-state index in [1.54, 1.807) is 6.92 Å². The van der Waals surface area contributed by atoms with Gasteiger partial charge in [0.25, 0.3) is 0 Å². The summed E-state index contributed by atoms with van der Waals surface area (Å²) >= 11 is 2.99. The molecule has 2 rings (SSSR count). The van der Waals surface area contributed by atoms with E-state index in [0.717, 1.165) is 24.3 Å². The van der Waals surface area contributed by atoms with Crippen molar-refractivity contribution in [2.45, 2.75) is 13.0 Å². The topological polar surface area (TPSA) is 12.0 Å². The quantitative estimate of drug-likeness (QED) is 0.614. The smallest absolute Gasteiger partial charge is 0.173 e. The van der Waals surface area contributed by atoms with Gasteiger partial charge in [0.15, 0.2) is 11.6 Å². The zero-order valence-corrected chi connectivity index (χ0v) is 12.6. The third-order valence-corrected chi connectivity index (χ3v) is 3.81. The van der Waals surface area contributed by atoms with Crippen LogP contribution in [-0.4, -0.2) is 6.54 Å². The molecule has 0 amide bonds. The summed E-state index contributed by atoms with van der Waals surface area (Å²) in [6.45, 7) is 2.28. The maximum absolute atomic E-state index is 13.7. The van der Waals surface area contributed by atoms with Crippen molar-refractivity contribution in [3.05, 3.63) is 69.2 Å². The average Bonchev–Trinajstić information content (AvgIpc) is 2.42. The van der Waals surface area contributed by atoms with Gasteiger partial charge in [-0.2, -0.15) is 0 Å². The molecule has 0 aromatic heterocycles. The van der Waals surface area contributed by atoms with Gasteiger partial charge in [-0.15, -0.1) is 0 Å². The highest BCUT2D eigenvalue weighted by Gasteiger charge is 2.21. The van der Waals surface area contributed by atoms with Crippen LogP contribution in [0.4, 0.5) is 17.6 Å². The molecule has 0 radical (unpaired) electrons. The lowest BCUT2D eigenvalue weighted by Crippen LogP contribution is -2.23. The van der Waals surface area contributed by atoms with Crippen LogP contribution in [0.1, 0.15) is 24.1 Å². The van der Waals surface area contributed by atoms with Crippen molar-refractivity contribution in [3.8, 4) is 0 Å². The monoisotopic (exact) mass is 361 g/mol. The van der Waals surface area contributed by atoms with Gasteiger partial charge in [-0.1, -0.05) is 13.0 Å². The predicted molar refractivity (Wildman–Crippen MR) is 75.9 cm³/mol. The van der Waals surface area contributed by atoms with Gasteiger partial charge in [0, 0.05) is 6.07 Å². The van der Waals surface area contributed by atoms with Crippen LogP contribution >= 0.6 is 15.9 Å². The molecule has 1 atom stereocenters. The maximum Gasteiger partial charge on any atom is 0.173 e. The lowest BCUT2D eigenvalue weighted by atomic mass is 9.98. The zero-order valence-electron chi connectivity index (χ0n) is 11.1. The molecular weight excluding hydrogens is 350 g/mol. The fourth-order valence-corrected chi connectivity index (χ4v) is 2.67. The largest absolute Gasteiger partial charge is 0.306 e. The third-order valence-electron chi connectivity index (χ3n) is 3.00. The molecule has 0 aliphatic heterocycles. The second-order valence-corrected chi connectivity index (χ2v) is 5.25. The summed E-state index contributed by atoms with van der Waals surface area (Å²) in [4.78, 5) is 0. The number of halogens is 5. The average molecular weight is 362 g/mol. The second-order valence-electron chi connectivity index (χ2n) is 4.46. The molecule has 2 aromatic rings. The Labute approximate surface area is 128 Å². The molecule has 112 valence electrons. The summed E-state index contributed by atoms with van der Waals surface area (Å²) < 4.78 is 53.5. The van der Waals surface area contributed by atoms with E-state index in [-0.39, 0.29) is 4.47 Å². The highest BCUT2D eigenvalue weighted by molar-refractivity contribution is 9.10. The SMILES string of the molecule is CCNC(c1cc(F)cc(F)c1)c1ccc(F)c(F)c1Br. The number of hydrogen-bond donors (Lipinski definition) is 1. The minimum Gasteiger partial charge on any atom is -0.306 e. The first kappa shape index (κ1) is 16.0. The molecule has 1 unspecified atom stereocenters. The van der Waals surface area contributed by atoms with Crippen LogP contribution in [0.3, 0.4) is 0 Å². The van der Waals surface area contributed by atoms with Crippen molar-refractivity contribution in [2.24, 2.45) is 0 Å². The maximum atomic E-state index is 13.7. The molecule has 6 heteroatoms. The van der Waals surface area contributed by atoms with E-state index in [4.69, 9.17) is 0 Å². The molecule has 0 spiro atoms. The molecule has 0 aliphatic rings. The summed E-state index contributed by atoms with van der Waals surface area (Å²) in [7, 11) is 0. The third kappa shape index (κ3) is 3.44. The van der Waals surface area contributed by atoms with Crippen LogP contribution in [0.2, 0.25) is 0 Å². The number of hydrogen-bond acceptors (Lipinski definition) is 1. The Morgan fingerprint density at radius 2 is 1.67 bits per heavy atom. The van der Waals surface area contributed by atoms with Gasteiger partial charge >= 0.3 is 0 Å². The van der Waals surface area contributed by atoms with Crippen molar-refractivity contribution in [2.75, 3.05) is 6.54 Å². The molecule has 1 nitrogen and oxygen atoms in total. The minimum absolute atomic E-state index is 0.0712. The van der Waals surface area contributed by atoms with Gasteiger partial charge < -0.3 is 5.32 Å². The Morgan fingerprint density at radius 1 is 1.05 bits per heavy atom. The van der Waals surface area contributed by atoms with Gasteiger partial charge in [-0.25, -0.2) is 17.6 Å². The van der Waals surface area contributed by atoms with Crippen molar-refractivity contribution in [1.82, 2.24) is 5.32 Å². The summed E-state index contributed by atoms with van der Waals surface area (Å²) in [5, 5.41) is 3.00. The minimum atomic E-state index is -1.03. The highest BCUT2D eigenvalue weighted by atomic mass is 79.9. The van der Waals surface area contributed by atoms with E-state index < -0.39 is 29.3 Å². The van der Waals surface area contributed by atoms with E-state index in [1.807, 2.05) is 0 Å². The molecule has 0 saturated carbocycles. The van der Waals surface area contributed by atoms with Gasteiger partial charge in [0.2, 0.25) is 0 Å². The number of benzene rings is 2. The first-order valence-corrected chi connectivity index (χ1v) is 7.06. The molecule has 1 N–H and O–H groups in total. The Balaban J connectivity index is 2.56. The van der Waals surface area contributed by atoms with Crippen LogP contribution in [0, 0.1) is 23.3 Å². The first-order valence-electron chi connectivity index (χ1n) is 6.26. The molecule has 2 aromatic carbocycles. The van der Waals surface area contributed by atoms with Crippen LogP contribution < -0.4 is 5.32 Å². The molecule has 0 heterocycles. The van der Waals surface area contributed by atoms with Crippen LogP contribution in [0.25, 0.3) is 0 Å². The molecular formula is C15H12BrF4N. The van der Waals surface area contributed by atoms with Gasteiger partial charge in [0.1, 0.15) is 11.6 Å². The lowest BCUT2D eigenvalue weighted by Gasteiger charge is -2.21. The van der Waals surface area contributed by atoms with Gasteiger partial charge in [-0.05, 0) is 51.8 Å². The standard InChI is InChI=1S/C15H12BrF4N/c1-2-21-15(8-5-9(17)7-10(18)6-8)11-3-4-12(19)14(20)13(11)16/h3-7,15,21H,2H2,1H3. The van der Waals surface area contributed by atoms with E-state index in [2.05, 4.69) is 21.2 Å². The van der Waals surface area contributed by atoms with Crippen LogP contribution in [0.5, 0.6) is 0 Å². The molecule has 0 aliphatic carbocycles. The van der Waals surface area contributed by atoms with E-state index in [0.29, 0.717) is 17.7 Å². The summed E-state index contributed by atoms with van der Waals surface area (Å²) in [5.74, 6) is -3.49. The Bertz CT molecular complexity index is 640. The number of nitrogens with one attached hydrogen (secondary N) is 1. The van der Waals surface area contributed by atoms with Crippen molar-refractivity contribution >= 4 is 15.9 Å². The summed E-state index contributed by atoms with van der Waals surface area (Å²) in [5.41, 5.74) is 0.654. The van der Waals surface area contributed by atoms with E-state index in [9.17, 15) is 17.6 Å². The predicted octanol–water partition coefficient (Wildman–Crippen LogP) is 4.70. The Morgan fingerprint density at radius 3 is 2.24 bits per heavy atom.